The zero-order valence-corrected chi connectivity index (χ0v) is 13.1. The van der Waals surface area contributed by atoms with Crippen LogP contribution in [0.2, 0.25) is 0 Å². The highest BCUT2D eigenvalue weighted by Gasteiger charge is 2.29. The van der Waals surface area contributed by atoms with Crippen molar-refractivity contribution in [2.45, 2.75) is 18.4 Å². The molecule has 1 aliphatic heterocycles. The van der Waals surface area contributed by atoms with Gasteiger partial charge in [0.2, 0.25) is 0 Å². The average molecular weight is 310 g/mol. The van der Waals surface area contributed by atoms with Crippen LogP contribution >= 0.6 is 0 Å². The molecule has 0 bridgehead atoms. The number of anilines is 1. The summed E-state index contributed by atoms with van der Waals surface area (Å²) in [5.41, 5.74) is 2.16. The molecule has 0 aromatic heterocycles. The first-order valence-electron chi connectivity index (χ1n) is 8.07. The van der Waals surface area contributed by atoms with Gasteiger partial charge >= 0.3 is 5.97 Å². The predicted molar refractivity (Wildman–Crippen MR) is 91.5 cm³/mol. The summed E-state index contributed by atoms with van der Waals surface area (Å²) in [6.45, 7) is 1.84. The highest BCUT2D eigenvalue weighted by atomic mass is 16.5. The number of para-hydroxylation sites is 1. The summed E-state index contributed by atoms with van der Waals surface area (Å²) >= 11 is 0. The van der Waals surface area contributed by atoms with Crippen LogP contribution in [0.25, 0.3) is 0 Å². The summed E-state index contributed by atoms with van der Waals surface area (Å²) in [5.74, 6) is 0.0432. The Morgan fingerprint density at radius 3 is 2.52 bits per heavy atom. The molecule has 0 spiro atoms. The highest BCUT2D eigenvalue weighted by Crippen LogP contribution is 2.27. The summed E-state index contributed by atoms with van der Waals surface area (Å²) in [6.07, 6.45) is 0.866. The Morgan fingerprint density at radius 2 is 1.78 bits per heavy atom. The number of hydrogen-bond donors (Lipinski definition) is 2. The van der Waals surface area contributed by atoms with Crippen LogP contribution in [0.5, 0.6) is 0 Å². The first-order chi connectivity index (χ1) is 11.3. The van der Waals surface area contributed by atoms with Crippen molar-refractivity contribution >= 4 is 11.7 Å². The Morgan fingerprint density at radius 1 is 1.09 bits per heavy atom. The van der Waals surface area contributed by atoms with Crippen molar-refractivity contribution in [2.24, 2.45) is 0 Å². The van der Waals surface area contributed by atoms with E-state index in [-0.39, 0.29) is 24.5 Å². The summed E-state index contributed by atoms with van der Waals surface area (Å²) in [7, 11) is 0. The third-order valence-electron chi connectivity index (χ3n) is 4.15. The first kappa shape index (κ1) is 15.6. The zero-order chi connectivity index (χ0) is 15.9. The van der Waals surface area contributed by atoms with Gasteiger partial charge < -0.3 is 15.4 Å². The van der Waals surface area contributed by atoms with Crippen LogP contribution in [0.15, 0.2) is 60.7 Å². The Hall–Kier alpha value is -2.33. The largest absolute Gasteiger partial charge is 0.459 e. The molecule has 2 atom stereocenters. The lowest BCUT2D eigenvalue weighted by Gasteiger charge is -2.32. The quantitative estimate of drug-likeness (QED) is 0.834. The standard InChI is InChI=1S/C19H22N2O2/c22-19(14-21-16-9-5-2-6-10-16)23-18-13-20-12-11-17(18)15-7-3-1-4-8-15/h1-10,17-18,20-21H,11-14H2/t17-,18+/m0/s1. The van der Waals surface area contributed by atoms with Gasteiger partial charge in [0, 0.05) is 18.2 Å². The Kier molecular flexibility index (Phi) is 5.27. The van der Waals surface area contributed by atoms with Crippen LogP contribution in [0.3, 0.4) is 0 Å². The molecule has 2 aromatic rings. The SMILES string of the molecule is O=C(CNc1ccccc1)O[C@@H]1CNCC[C@H]1c1ccccc1. The van der Waals surface area contributed by atoms with E-state index in [0.717, 1.165) is 18.7 Å². The van der Waals surface area contributed by atoms with Crippen LogP contribution < -0.4 is 10.6 Å². The summed E-state index contributed by atoms with van der Waals surface area (Å²) in [4.78, 5) is 12.1. The van der Waals surface area contributed by atoms with Gasteiger partial charge in [-0.15, -0.1) is 0 Å². The number of hydrogen-bond acceptors (Lipinski definition) is 4. The second kappa shape index (κ2) is 7.79. The number of benzene rings is 2. The van der Waals surface area contributed by atoms with Crippen LogP contribution in [-0.2, 0) is 9.53 Å². The lowest BCUT2D eigenvalue weighted by atomic mass is 9.88. The minimum atomic E-state index is -0.219. The molecule has 4 nitrogen and oxygen atoms in total. The van der Waals surface area contributed by atoms with Crippen molar-refractivity contribution in [3.63, 3.8) is 0 Å². The monoisotopic (exact) mass is 310 g/mol. The van der Waals surface area contributed by atoms with E-state index in [0.29, 0.717) is 6.54 Å². The van der Waals surface area contributed by atoms with Gasteiger partial charge in [0.1, 0.15) is 12.6 Å². The summed E-state index contributed by atoms with van der Waals surface area (Å²) in [6, 6.07) is 20.0. The van der Waals surface area contributed by atoms with E-state index in [1.807, 2.05) is 48.5 Å². The molecule has 1 fully saturated rings. The van der Waals surface area contributed by atoms with Gasteiger partial charge in [0.15, 0.2) is 0 Å². The molecule has 0 unspecified atom stereocenters. The minimum Gasteiger partial charge on any atom is -0.459 e. The second-order valence-electron chi connectivity index (χ2n) is 5.76. The highest BCUT2D eigenvalue weighted by molar-refractivity contribution is 5.75. The molecule has 0 radical (unpaired) electrons. The second-order valence-corrected chi connectivity index (χ2v) is 5.76. The number of carbonyl (C=O) groups excluding carboxylic acids is 1. The smallest absolute Gasteiger partial charge is 0.325 e. The Labute approximate surface area is 136 Å². The van der Waals surface area contributed by atoms with E-state index in [9.17, 15) is 4.79 Å². The lowest BCUT2D eigenvalue weighted by Crippen LogP contribution is -2.42. The predicted octanol–water partition coefficient (Wildman–Crippen LogP) is 2.79. The fraction of sp³-hybridized carbons (Fsp3) is 0.316. The van der Waals surface area contributed by atoms with Gasteiger partial charge in [-0.1, -0.05) is 48.5 Å². The molecular formula is C19H22N2O2. The topological polar surface area (TPSA) is 50.4 Å². The van der Waals surface area contributed by atoms with Crippen molar-refractivity contribution in [2.75, 3.05) is 25.0 Å². The van der Waals surface area contributed by atoms with Gasteiger partial charge in [-0.2, -0.15) is 0 Å². The molecule has 0 amide bonds. The molecule has 23 heavy (non-hydrogen) atoms. The minimum absolute atomic E-state index is 0.115. The van der Waals surface area contributed by atoms with Crippen molar-refractivity contribution in [3.05, 3.63) is 66.2 Å². The van der Waals surface area contributed by atoms with Crippen LogP contribution in [-0.4, -0.2) is 31.7 Å². The van der Waals surface area contributed by atoms with Gasteiger partial charge in [-0.05, 0) is 30.7 Å². The van der Waals surface area contributed by atoms with Gasteiger partial charge in [-0.3, -0.25) is 4.79 Å². The normalized spacial score (nSPS) is 20.7. The van der Waals surface area contributed by atoms with Crippen molar-refractivity contribution in [3.8, 4) is 0 Å². The number of esters is 1. The summed E-state index contributed by atoms with van der Waals surface area (Å²) in [5, 5.41) is 6.41. The fourth-order valence-corrected chi connectivity index (χ4v) is 2.98. The molecule has 1 aliphatic rings. The molecule has 120 valence electrons. The number of nitrogens with one attached hydrogen (secondary N) is 2. The molecule has 3 rings (SSSR count). The third-order valence-corrected chi connectivity index (χ3v) is 4.15. The maximum atomic E-state index is 12.1. The molecule has 1 heterocycles. The van der Waals surface area contributed by atoms with Gasteiger partial charge in [-0.25, -0.2) is 0 Å². The van der Waals surface area contributed by atoms with Gasteiger partial charge in [0.05, 0.1) is 0 Å². The summed E-state index contributed by atoms with van der Waals surface area (Å²) < 4.78 is 5.72. The van der Waals surface area contributed by atoms with Crippen LogP contribution in [0.4, 0.5) is 5.69 Å². The molecule has 0 saturated carbocycles. The van der Waals surface area contributed by atoms with E-state index in [4.69, 9.17) is 4.74 Å². The van der Waals surface area contributed by atoms with Crippen LogP contribution in [0.1, 0.15) is 17.9 Å². The fourth-order valence-electron chi connectivity index (χ4n) is 2.98. The molecule has 1 saturated heterocycles. The van der Waals surface area contributed by atoms with E-state index in [2.05, 4.69) is 22.8 Å². The molecule has 4 heteroatoms. The number of piperidine rings is 1. The van der Waals surface area contributed by atoms with E-state index in [1.54, 1.807) is 0 Å². The maximum absolute atomic E-state index is 12.1. The number of carbonyl (C=O) groups is 1. The Balaban J connectivity index is 1.57. The van der Waals surface area contributed by atoms with Crippen LogP contribution in [0, 0.1) is 0 Å². The van der Waals surface area contributed by atoms with Gasteiger partial charge in [0.25, 0.3) is 0 Å². The zero-order valence-electron chi connectivity index (χ0n) is 13.1. The maximum Gasteiger partial charge on any atom is 0.325 e. The molecule has 0 aliphatic carbocycles. The van der Waals surface area contributed by atoms with Crippen molar-refractivity contribution < 1.29 is 9.53 Å². The van der Waals surface area contributed by atoms with E-state index >= 15 is 0 Å². The van der Waals surface area contributed by atoms with Crippen molar-refractivity contribution in [1.29, 1.82) is 0 Å². The lowest BCUT2D eigenvalue weighted by molar-refractivity contribution is -0.148. The number of ether oxygens (including phenoxy) is 1. The molecular weight excluding hydrogens is 288 g/mol. The molecule has 2 aromatic carbocycles. The van der Waals surface area contributed by atoms with E-state index < -0.39 is 0 Å². The first-order valence-corrected chi connectivity index (χ1v) is 8.07. The number of rotatable bonds is 5. The Bertz CT molecular complexity index is 616. The molecule has 2 N–H and O–H groups in total. The van der Waals surface area contributed by atoms with Crippen molar-refractivity contribution in [1.82, 2.24) is 5.32 Å². The third kappa shape index (κ3) is 4.33. The average Bonchev–Trinajstić information content (AvgIpc) is 2.62. The van der Waals surface area contributed by atoms with E-state index in [1.165, 1.54) is 5.56 Å².